The van der Waals surface area contributed by atoms with Crippen molar-refractivity contribution in [2.24, 2.45) is 0 Å². The van der Waals surface area contributed by atoms with Crippen LogP contribution in [0.4, 0.5) is 11.4 Å². The van der Waals surface area contributed by atoms with Gasteiger partial charge in [0.1, 0.15) is 0 Å². The summed E-state index contributed by atoms with van der Waals surface area (Å²) in [6.07, 6.45) is 0. The molecule has 0 aliphatic carbocycles. The molecule has 0 atom stereocenters. The van der Waals surface area contributed by atoms with E-state index in [1.807, 2.05) is 25.2 Å². The van der Waals surface area contributed by atoms with Gasteiger partial charge in [0.15, 0.2) is 0 Å². The summed E-state index contributed by atoms with van der Waals surface area (Å²) < 4.78 is 0. The Morgan fingerprint density at radius 3 is 3.00 bits per heavy atom. The Hall–Kier alpha value is -1.09. The number of thioether (sulfide) groups is 1. The van der Waals surface area contributed by atoms with Gasteiger partial charge in [-0.25, -0.2) is 0 Å². The third kappa shape index (κ3) is 0.975. The average molecular weight is 178 g/mol. The Kier molecular flexibility index (Phi) is 1.54. The molecule has 0 aromatic heterocycles. The zero-order chi connectivity index (χ0) is 8.72. The van der Waals surface area contributed by atoms with E-state index in [1.165, 1.54) is 4.90 Å². The average Bonchev–Trinajstić information content (AvgIpc) is 2.31. The molecule has 62 valence electrons. The molecule has 1 aromatic carbocycles. The van der Waals surface area contributed by atoms with Crippen molar-refractivity contribution in [1.82, 2.24) is 0 Å². The molecule has 0 saturated heterocycles. The van der Waals surface area contributed by atoms with Crippen LogP contribution < -0.4 is 10.6 Å². The summed E-state index contributed by atoms with van der Waals surface area (Å²) >= 11 is 1.68. The molecule has 0 saturated carbocycles. The van der Waals surface area contributed by atoms with E-state index in [0.717, 1.165) is 16.4 Å². The van der Waals surface area contributed by atoms with E-state index in [1.54, 1.807) is 11.8 Å². The quantitative estimate of drug-likeness (QED) is 0.618. The summed E-state index contributed by atoms with van der Waals surface area (Å²) in [6, 6.07) is 5.92. The van der Waals surface area contributed by atoms with Gasteiger partial charge in [0, 0.05) is 17.6 Å². The van der Waals surface area contributed by atoms with Crippen molar-refractivity contribution in [1.29, 1.82) is 0 Å². The molecular weight excluding hydrogens is 168 g/mol. The molecule has 2 N–H and O–H groups in total. The van der Waals surface area contributed by atoms with Gasteiger partial charge in [-0.15, -0.1) is 0 Å². The van der Waals surface area contributed by atoms with Gasteiger partial charge in [-0.05, 0) is 18.2 Å². The molecule has 1 aliphatic heterocycles. The van der Waals surface area contributed by atoms with E-state index >= 15 is 0 Å². The summed E-state index contributed by atoms with van der Waals surface area (Å²) in [4.78, 5) is 3.28. The van der Waals surface area contributed by atoms with Crippen LogP contribution in [0.3, 0.4) is 0 Å². The molecule has 0 spiro atoms. The number of hydrogen-bond acceptors (Lipinski definition) is 3. The highest BCUT2D eigenvalue weighted by Gasteiger charge is 2.19. The third-order valence-electron chi connectivity index (χ3n) is 1.95. The Morgan fingerprint density at radius 2 is 2.25 bits per heavy atom. The predicted molar refractivity (Wildman–Crippen MR) is 54.3 cm³/mol. The lowest BCUT2D eigenvalue weighted by atomic mass is 10.2. The minimum Gasteiger partial charge on any atom is -0.399 e. The summed E-state index contributed by atoms with van der Waals surface area (Å²) in [5.74, 6) is 0. The lowest BCUT2D eigenvalue weighted by Gasteiger charge is -2.11. The van der Waals surface area contributed by atoms with Crippen LogP contribution >= 0.6 is 11.8 Å². The van der Waals surface area contributed by atoms with Gasteiger partial charge in [-0.2, -0.15) is 0 Å². The van der Waals surface area contributed by atoms with E-state index in [2.05, 4.69) is 11.5 Å². The molecule has 12 heavy (non-hydrogen) atoms. The Labute approximate surface area is 76.1 Å². The lowest BCUT2D eigenvalue weighted by molar-refractivity contribution is 1.18. The smallest absolute Gasteiger partial charge is 0.0725 e. The third-order valence-corrected chi connectivity index (χ3v) is 3.02. The van der Waals surface area contributed by atoms with Crippen molar-refractivity contribution >= 4 is 23.1 Å². The first-order chi connectivity index (χ1) is 5.68. The van der Waals surface area contributed by atoms with E-state index in [0.29, 0.717) is 0 Å². The number of nitrogens with two attached hydrogens (primary N) is 1. The van der Waals surface area contributed by atoms with E-state index in [9.17, 15) is 0 Å². The topological polar surface area (TPSA) is 29.3 Å². The molecule has 2 rings (SSSR count). The van der Waals surface area contributed by atoms with Crippen molar-refractivity contribution in [3.63, 3.8) is 0 Å². The number of anilines is 2. The number of nitrogen functional groups attached to an aromatic ring is 1. The number of fused-ring (bicyclic) bond motifs is 1. The highest BCUT2D eigenvalue weighted by molar-refractivity contribution is 8.03. The molecule has 2 nitrogen and oxygen atoms in total. The number of nitrogens with zero attached hydrogens (tertiary/aromatic N) is 1. The molecular formula is C9H10N2S. The fourth-order valence-corrected chi connectivity index (χ4v) is 2.14. The fraction of sp³-hybridized carbons (Fsp3) is 0.111. The highest BCUT2D eigenvalue weighted by atomic mass is 32.2. The zero-order valence-electron chi connectivity index (χ0n) is 6.87. The monoisotopic (exact) mass is 178 g/mol. The van der Waals surface area contributed by atoms with Crippen molar-refractivity contribution in [3.05, 3.63) is 29.8 Å². The maximum atomic E-state index is 5.67. The lowest BCUT2D eigenvalue weighted by Crippen LogP contribution is -2.08. The molecule has 1 heterocycles. The second-order valence-corrected chi connectivity index (χ2v) is 3.90. The first-order valence-corrected chi connectivity index (χ1v) is 4.50. The second kappa shape index (κ2) is 2.45. The van der Waals surface area contributed by atoms with Crippen molar-refractivity contribution < 1.29 is 0 Å². The number of hydrogen-bond donors (Lipinski definition) is 1. The molecule has 0 bridgehead atoms. The van der Waals surface area contributed by atoms with E-state index in [4.69, 9.17) is 5.73 Å². The summed E-state index contributed by atoms with van der Waals surface area (Å²) in [5, 5.41) is 1.05. The van der Waals surface area contributed by atoms with E-state index in [-0.39, 0.29) is 0 Å². The highest BCUT2D eigenvalue weighted by Crippen LogP contribution is 2.44. The van der Waals surface area contributed by atoms with Gasteiger partial charge in [-0.1, -0.05) is 18.3 Å². The number of benzene rings is 1. The Balaban J connectivity index is 2.55. The van der Waals surface area contributed by atoms with Gasteiger partial charge in [0.05, 0.1) is 10.7 Å². The molecule has 3 heteroatoms. The summed E-state index contributed by atoms with van der Waals surface area (Å²) in [5.41, 5.74) is 7.63. The normalized spacial score (nSPS) is 15.1. The van der Waals surface area contributed by atoms with Crippen LogP contribution in [0.5, 0.6) is 0 Å². The zero-order valence-corrected chi connectivity index (χ0v) is 7.69. The maximum absolute atomic E-state index is 5.67. The van der Waals surface area contributed by atoms with E-state index < -0.39 is 0 Å². The molecule has 0 amide bonds. The van der Waals surface area contributed by atoms with Gasteiger partial charge in [0.2, 0.25) is 0 Å². The minimum atomic E-state index is 0.802. The standard InChI is InChI=1S/C9H10N2S/c1-6-11(2)8-5-7(10)3-4-9(8)12-6/h3-5H,1,10H2,2H3. The van der Waals surface area contributed by atoms with Crippen LogP contribution in [0.15, 0.2) is 34.7 Å². The van der Waals surface area contributed by atoms with Gasteiger partial charge >= 0.3 is 0 Å². The molecule has 0 radical (unpaired) electrons. The Morgan fingerprint density at radius 1 is 1.50 bits per heavy atom. The van der Waals surface area contributed by atoms with Crippen molar-refractivity contribution in [2.45, 2.75) is 4.90 Å². The van der Waals surface area contributed by atoms with Crippen molar-refractivity contribution in [3.8, 4) is 0 Å². The van der Waals surface area contributed by atoms with Crippen molar-refractivity contribution in [2.75, 3.05) is 17.7 Å². The van der Waals surface area contributed by atoms with Gasteiger partial charge in [-0.3, -0.25) is 0 Å². The van der Waals surface area contributed by atoms with Crippen LogP contribution in [0, 0.1) is 0 Å². The molecule has 0 unspecified atom stereocenters. The van der Waals surface area contributed by atoms with Crippen LogP contribution in [0.25, 0.3) is 0 Å². The van der Waals surface area contributed by atoms with Crippen LogP contribution in [-0.2, 0) is 0 Å². The molecule has 0 fully saturated rings. The number of rotatable bonds is 0. The summed E-state index contributed by atoms with van der Waals surface area (Å²) in [6.45, 7) is 3.93. The minimum absolute atomic E-state index is 0.802. The van der Waals surface area contributed by atoms with Crippen LogP contribution in [-0.4, -0.2) is 7.05 Å². The maximum Gasteiger partial charge on any atom is 0.0725 e. The molecule has 1 aromatic rings. The summed E-state index contributed by atoms with van der Waals surface area (Å²) in [7, 11) is 2.00. The molecule has 1 aliphatic rings. The predicted octanol–water partition coefficient (Wildman–Crippen LogP) is 2.28. The van der Waals surface area contributed by atoms with Crippen LogP contribution in [0.2, 0.25) is 0 Å². The Bertz CT molecular complexity index is 346. The fourth-order valence-electron chi connectivity index (χ4n) is 1.21. The van der Waals surface area contributed by atoms with Crippen LogP contribution in [0.1, 0.15) is 0 Å². The SMILES string of the molecule is C=C1Sc2ccc(N)cc2N1C. The largest absolute Gasteiger partial charge is 0.399 e. The first-order valence-electron chi connectivity index (χ1n) is 3.68. The van der Waals surface area contributed by atoms with Gasteiger partial charge in [0.25, 0.3) is 0 Å². The second-order valence-electron chi connectivity index (χ2n) is 2.78. The van der Waals surface area contributed by atoms with Gasteiger partial charge < -0.3 is 10.6 Å². The first kappa shape index (κ1) is 7.55.